The zero-order valence-corrected chi connectivity index (χ0v) is 10.1. The van der Waals surface area contributed by atoms with Crippen molar-refractivity contribution in [2.75, 3.05) is 0 Å². The van der Waals surface area contributed by atoms with Crippen molar-refractivity contribution in [1.82, 2.24) is 9.97 Å². The highest BCUT2D eigenvalue weighted by Gasteiger charge is 2.03. The van der Waals surface area contributed by atoms with Crippen molar-refractivity contribution in [1.29, 1.82) is 0 Å². The second-order valence-electron chi connectivity index (χ2n) is 4.41. The van der Waals surface area contributed by atoms with Crippen LogP contribution in [0.25, 0.3) is 21.8 Å². The highest BCUT2D eigenvalue weighted by atomic mass is 14.7. The lowest BCUT2D eigenvalue weighted by Gasteiger charge is -2.05. The van der Waals surface area contributed by atoms with E-state index >= 15 is 0 Å². The average Bonchev–Trinajstić information content (AvgIpc) is 2.37. The molecule has 1 aromatic carbocycles. The minimum atomic E-state index is 0.971. The normalized spacial score (nSPS) is 11.2. The number of benzene rings is 1. The van der Waals surface area contributed by atoms with E-state index in [2.05, 4.69) is 48.1 Å². The maximum Gasteiger partial charge on any atom is 0.0891 e. The van der Waals surface area contributed by atoms with Gasteiger partial charge in [-0.05, 0) is 36.6 Å². The molecule has 0 N–H and O–H groups in total. The molecule has 0 unspecified atom stereocenters. The van der Waals surface area contributed by atoms with Crippen LogP contribution in [-0.2, 0) is 6.42 Å². The minimum absolute atomic E-state index is 0.971. The molecule has 17 heavy (non-hydrogen) atoms. The summed E-state index contributed by atoms with van der Waals surface area (Å²) in [4.78, 5) is 8.93. The van der Waals surface area contributed by atoms with Crippen LogP contribution in [0.15, 0.2) is 36.7 Å². The summed E-state index contributed by atoms with van der Waals surface area (Å²) in [5, 5.41) is 2.39. The molecular weight excluding hydrogens is 208 g/mol. The lowest BCUT2D eigenvalue weighted by Crippen LogP contribution is -1.88. The fraction of sp³-hybridized carbons (Fsp3) is 0.200. The Balaban J connectivity index is 2.44. The van der Waals surface area contributed by atoms with E-state index in [1.807, 2.05) is 12.4 Å². The number of rotatable bonds is 1. The average molecular weight is 222 g/mol. The van der Waals surface area contributed by atoms with Crippen LogP contribution >= 0.6 is 0 Å². The molecule has 2 heterocycles. The van der Waals surface area contributed by atoms with Crippen LogP contribution in [0.2, 0.25) is 0 Å². The highest BCUT2D eigenvalue weighted by molar-refractivity contribution is 6.04. The van der Waals surface area contributed by atoms with Gasteiger partial charge in [0.25, 0.3) is 0 Å². The largest absolute Gasteiger partial charge is 0.254 e. The van der Waals surface area contributed by atoms with E-state index in [0.29, 0.717) is 0 Å². The SMILES string of the molecule is CCc1cnc2cnc3cc(C)ccc3c2c1. The number of nitrogens with zero attached hydrogens (tertiary/aromatic N) is 2. The molecule has 0 aliphatic carbocycles. The first-order valence-electron chi connectivity index (χ1n) is 5.92. The van der Waals surface area contributed by atoms with Crippen LogP contribution < -0.4 is 0 Å². The Labute approximate surface area is 100 Å². The molecule has 0 amide bonds. The molecule has 0 saturated carbocycles. The van der Waals surface area contributed by atoms with Crippen LogP contribution in [-0.4, -0.2) is 9.97 Å². The predicted molar refractivity (Wildman–Crippen MR) is 71.2 cm³/mol. The van der Waals surface area contributed by atoms with Crippen molar-refractivity contribution in [2.24, 2.45) is 0 Å². The molecule has 2 heteroatoms. The Hall–Kier alpha value is -1.96. The Morgan fingerprint density at radius 1 is 0.941 bits per heavy atom. The molecule has 0 saturated heterocycles. The first kappa shape index (κ1) is 10.2. The fourth-order valence-corrected chi connectivity index (χ4v) is 2.14. The van der Waals surface area contributed by atoms with Crippen molar-refractivity contribution in [3.63, 3.8) is 0 Å². The molecule has 0 spiro atoms. The molecule has 84 valence electrons. The predicted octanol–water partition coefficient (Wildman–Crippen LogP) is 3.65. The standard InChI is InChI=1S/C15H14N2/c1-3-11-7-13-12-5-4-10(2)6-14(12)17-9-15(13)16-8-11/h4-9H,3H2,1-2H3. The number of fused-ring (bicyclic) bond motifs is 3. The zero-order chi connectivity index (χ0) is 11.8. The van der Waals surface area contributed by atoms with E-state index in [9.17, 15) is 0 Å². The van der Waals surface area contributed by atoms with Gasteiger partial charge in [0.1, 0.15) is 0 Å². The Bertz CT molecular complexity index is 702. The molecule has 0 fully saturated rings. The smallest absolute Gasteiger partial charge is 0.0891 e. The van der Waals surface area contributed by atoms with Crippen LogP contribution in [0.4, 0.5) is 0 Å². The molecule has 3 rings (SSSR count). The lowest BCUT2D eigenvalue weighted by molar-refractivity contribution is 1.12. The molecular formula is C15H14N2. The van der Waals surface area contributed by atoms with E-state index in [4.69, 9.17) is 0 Å². The second kappa shape index (κ2) is 3.81. The van der Waals surface area contributed by atoms with E-state index in [-0.39, 0.29) is 0 Å². The van der Waals surface area contributed by atoms with Gasteiger partial charge in [0, 0.05) is 17.0 Å². The van der Waals surface area contributed by atoms with Gasteiger partial charge >= 0.3 is 0 Å². The number of pyridine rings is 2. The van der Waals surface area contributed by atoms with Crippen molar-refractivity contribution < 1.29 is 0 Å². The van der Waals surface area contributed by atoms with Gasteiger partial charge in [-0.2, -0.15) is 0 Å². The highest BCUT2D eigenvalue weighted by Crippen LogP contribution is 2.23. The van der Waals surface area contributed by atoms with Crippen LogP contribution in [0.3, 0.4) is 0 Å². The summed E-state index contributed by atoms with van der Waals surface area (Å²) in [5.74, 6) is 0. The van der Waals surface area contributed by atoms with Crippen molar-refractivity contribution in [2.45, 2.75) is 20.3 Å². The van der Waals surface area contributed by atoms with Gasteiger partial charge in [-0.15, -0.1) is 0 Å². The van der Waals surface area contributed by atoms with E-state index in [0.717, 1.165) is 17.5 Å². The van der Waals surface area contributed by atoms with Gasteiger partial charge in [0.2, 0.25) is 0 Å². The minimum Gasteiger partial charge on any atom is -0.254 e. The third-order valence-corrected chi connectivity index (χ3v) is 3.15. The van der Waals surface area contributed by atoms with Crippen LogP contribution in [0, 0.1) is 6.92 Å². The third kappa shape index (κ3) is 1.66. The van der Waals surface area contributed by atoms with Crippen molar-refractivity contribution in [3.8, 4) is 0 Å². The molecule has 0 aliphatic heterocycles. The summed E-state index contributed by atoms with van der Waals surface area (Å²) in [6.45, 7) is 4.24. The number of aryl methyl sites for hydroxylation is 2. The molecule has 2 nitrogen and oxygen atoms in total. The third-order valence-electron chi connectivity index (χ3n) is 3.15. The van der Waals surface area contributed by atoms with E-state index < -0.39 is 0 Å². The number of hydrogen-bond donors (Lipinski definition) is 0. The van der Waals surface area contributed by atoms with Gasteiger partial charge in [-0.25, -0.2) is 0 Å². The fourth-order valence-electron chi connectivity index (χ4n) is 2.14. The van der Waals surface area contributed by atoms with Crippen molar-refractivity contribution in [3.05, 3.63) is 47.8 Å². The summed E-state index contributed by atoms with van der Waals surface area (Å²) < 4.78 is 0. The van der Waals surface area contributed by atoms with Crippen LogP contribution in [0.1, 0.15) is 18.1 Å². The first-order chi connectivity index (χ1) is 8.28. The summed E-state index contributed by atoms with van der Waals surface area (Å²) in [6, 6.07) is 8.61. The maximum absolute atomic E-state index is 4.46. The van der Waals surface area contributed by atoms with Gasteiger partial charge in [0.05, 0.1) is 17.2 Å². The maximum atomic E-state index is 4.46. The number of hydrogen-bond acceptors (Lipinski definition) is 2. The summed E-state index contributed by atoms with van der Waals surface area (Å²) in [5.41, 5.74) is 4.53. The summed E-state index contributed by atoms with van der Waals surface area (Å²) in [7, 11) is 0. The van der Waals surface area contributed by atoms with Crippen molar-refractivity contribution >= 4 is 21.8 Å². The van der Waals surface area contributed by atoms with Gasteiger partial charge < -0.3 is 0 Å². The molecule has 0 aliphatic rings. The molecule has 3 aromatic rings. The topological polar surface area (TPSA) is 25.8 Å². The monoisotopic (exact) mass is 222 g/mol. The Kier molecular flexibility index (Phi) is 2.29. The Morgan fingerprint density at radius 3 is 2.59 bits per heavy atom. The summed E-state index contributed by atoms with van der Waals surface area (Å²) in [6.07, 6.45) is 4.80. The van der Waals surface area contributed by atoms with Gasteiger partial charge in [0.15, 0.2) is 0 Å². The number of aromatic nitrogens is 2. The molecule has 2 aromatic heterocycles. The first-order valence-corrected chi connectivity index (χ1v) is 5.92. The van der Waals surface area contributed by atoms with Crippen LogP contribution in [0.5, 0.6) is 0 Å². The quantitative estimate of drug-likeness (QED) is 0.587. The molecule has 0 radical (unpaired) electrons. The van der Waals surface area contributed by atoms with E-state index in [1.54, 1.807) is 0 Å². The molecule has 0 bridgehead atoms. The van der Waals surface area contributed by atoms with Gasteiger partial charge in [-0.3, -0.25) is 9.97 Å². The molecule has 0 atom stereocenters. The summed E-state index contributed by atoms with van der Waals surface area (Å²) >= 11 is 0. The lowest BCUT2D eigenvalue weighted by atomic mass is 10.1. The van der Waals surface area contributed by atoms with Gasteiger partial charge in [-0.1, -0.05) is 19.1 Å². The zero-order valence-electron chi connectivity index (χ0n) is 10.1. The van der Waals surface area contributed by atoms with E-state index in [1.165, 1.54) is 21.9 Å². The second-order valence-corrected chi connectivity index (χ2v) is 4.41. The Morgan fingerprint density at radius 2 is 1.76 bits per heavy atom.